The fourth-order valence-corrected chi connectivity index (χ4v) is 2.91. The summed E-state index contributed by atoms with van der Waals surface area (Å²) in [4.78, 5) is 29.4. The zero-order valence-electron chi connectivity index (χ0n) is 16.7. The highest BCUT2D eigenvalue weighted by molar-refractivity contribution is 5.93. The van der Waals surface area contributed by atoms with E-state index in [1.807, 2.05) is 36.2 Å². The lowest BCUT2D eigenvalue weighted by molar-refractivity contribution is -0.117. The summed E-state index contributed by atoms with van der Waals surface area (Å²) in [7, 11) is 1.91. The van der Waals surface area contributed by atoms with E-state index in [9.17, 15) is 9.59 Å². The number of amides is 2. The first-order chi connectivity index (χ1) is 13.9. The standard InChI is InChI=1S/C21H24N6O2/c1-15(17-4-10-20(11-5-17)27-14-22-13-23-27)26(3)12-21(29)25-19-8-6-18(7-9-19)24-16(2)28/h4-11,13-15H,12H2,1-3H3,(H,24,28)(H,25,29)/t15-/m1/s1. The summed E-state index contributed by atoms with van der Waals surface area (Å²) in [5.41, 5.74) is 3.41. The Morgan fingerprint density at radius 3 is 2.21 bits per heavy atom. The van der Waals surface area contributed by atoms with Gasteiger partial charge in [-0.25, -0.2) is 9.67 Å². The van der Waals surface area contributed by atoms with Crippen molar-refractivity contribution >= 4 is 23.2 Å². The summed E-state index contributed by atoms with van der Waals surface area (Å²) in [6.45, 7) is 3.76. The number of carbonyl (C=O) groups excluding carboxylic acids is 2. The van der Waals surface area contributed by atoms with E-state index in [-0.39, 0.29) is 24.4 Å². The van der Waals surface area contributed by atoms with Crippen molar-refractivity contribution in [3.63, 3.8) is 0 Å². The molecule has 0 aliphatic heterocycles. The van der Waals surface area contributed by atoms with Crippen LogP contribution in [-0.4, -0.2) is 45.1 Å². The Bertz CT molecular complexity index is 952. The molecule has 0 radical (unpaired) electrons. The zero-order chi connectivity index (χ0) is 20.8. The van der Waals surface area contributed by atoms with E-state index in [2.05, 4.69) is 27.6 Å². The molecule has 8 heteroatoms. The molecule has 0 saturated carbocycles. The van der Waals surface area contributed by atoms with Gasteiger partial charge < -0.3 is 10.6 Å². The molecule has 0 aliphatic carbocycles. The van der Waals surface area contributed by atoms with Crippen LogP contribution in [0.1, 0.15) is 25.5 Å². The Balaban J connectivity index is 1.55. The first-order valence-corrected chi connectivity index (χ1v) is 9.25. The minimum Gasteiger partial charge on any atom is -0.326 e. The van der Waals surface area contributed by atoms with Gasteiger partial charge in [-0.15, -0.1) is 0 Å². The smallest absolute Gasteiger partial charge is 0.238 e. The van der Waals surface area contributed by atoms with E-state index in [0.717, 1.165) is 11.3 Å². The van der Waals surface area contributed by atoms with Crippen molar-refractivity contribution < 1.29 is 9.59 Å². The number of aromatic nitrogens is 3. The molecule has 8 nitrogen and oxygen atoms in total. The molecule has 2 aromatic carbocycles. The highest BCUT2D eigenvalue weighted by Crippen LogP contribution is 2.20. The Hall–Kier alpha value is -3.52. The third kappa shape index (κ3) is 5.49. The molecular weight excluding hydrogens is 368 g/mol. The van der Waals surface area contributed by atoms with Crippen LogP contribution in [-0.2, 0) is 9.59 Å². The highest BCUT2D eigenvalue weighted by Gasteiger charge is 2.15. The molecule has 2 amide bonds. The van der Waals surface area contributed by atoms with E-state index in [0.29, 0.717) is 11.4 Å². The van der Waals surface area contributed by atoms with Crippen LogP contribution >= 0.6 is 0 Å². The predicted molar refractivity (Wildman–Crippen MR) is 112 cm³/mol. The Morgan fingerprint density at radius 2 is 1.66 bits per heavy atom. The van der Waals surface area contributed by atoms with Gasteiger partial charge in [-0.2, -0.15) is 5.10 Å². The number of carbonyl (C=O) groups is 2. The third-order valence-corrected chi connectivity index (χ3v) is 4.60. The van der Waals surface area contributed by atoms with Gasteiger partial charge in [0.05, 0.1) is 12.2 Å². The van der Waals surface area contributed by atoms with E-state index >= 15 is 0 Å². The van der Waals surface area contributed by atoms with Crippen LogP contribution in [0.25, 0.3) is 5.69 Å². The van der Waals surface area contributed by atoms with Crippen LogP contribution < -0.4 is 10.6 Å². The number of anilines is 2. The van der Waals surface area contributed by atoms with Gasteiger partial charge in [-0.3, -0.25) is 14.5 Å². The average molecular weight is 392 g/mol. The molecule has 1 heterocycles. The maximum absolute atomic E-state index is 12.4. The molecule has 2 N–H and O–H groups in total. The van der Waals surface area contributed by atoms with Gasteiger partial charge in [0, 0.05) is 24.3 Å². The largest absolute Gasteiger partial charge is 0.326 e. The molecule has 3 rings (SSSR count). The lowest BCUT2D eigenvalue weighted by atomic mass is 10.1. The molecule has 1 aromatic heterocycles. The van der Waals surface area contributed by atoms with Crippen molar-refractivity contribution in [1.82, 2.24) is 19.7 Å². The van der Waals surface area contributed by atoms with Crippen molar-refractivity contribution in [3.05, 3.63) is 66.7 Å². The average Bonchev–Trinajstić information content (AvgIpc) is 3.23. The number of likely N-dealkylation sites (N-methyl/N-ethyl adjacent to an activating group) is 1. The third-order valence-electron chi connectivity index (χ3n) is 4.60. The first kappa shape index (κ1) is 20.2. The summed E-state index contributed by atoms with van der Waals surface area (Å²) in [6, 6.07) is 15.1. The van der Waals surface area contributed by atoms with E-state index in [1.54, 1.807) is 35.3 Å². The Kier molecular flexibility index (Phi) is 6.36. The number of nitrogens with zero attached hydrogens (tertiary/aromatic N) is 4. The van der Waals surface area contributed by atoms with Crippen LogP contribution in [0.5, 0.6) is 0 Å². The molecule has 3 aromatic rings. The van der Waals surface area contributed by atoms with Gasteiger partial charge in [0.1, 0.15) is 12.7 Å². The van der Waals surface area contributed by atoms with Gasteiger partial charge >= 0.3 is 0 Å². The molecule has 1 atom stereocenters. The molecule has 0 aliphatic rings. The van der Waals surface area contributed by atoms with Gasteiger partial charge in [-0.05, 0) is 55.9 Å². The summed E-state index contributed by atoms with van der Waals surface area (Å²) in [5, 5.41) is 9.69. The molecule has 29 heavy (non-hydrogen) atoms. The van der Waals surface area contributed by atoms with Crippen LogP contribution in [0.3, 0.4) is 0 Å². The van der Waals surface area contributed by atoms with Gasteiger partial charge in [-0.1, -0.05) is 12.1 Å². The number of rotatable bonds is 7. The quantitative estimate of drug-likeness (QED) is 0.645. The summed E-state index contributed by atoms with van der Waals surface area (Å²) in [6.07, 6.45) is 3.15. The maximum atomic E-state index is 12.4. The van der Waals surface area contributed by atoms with E-state index in [1.165, 1.54) is 13.3 Å². The van der Waals surface area contributed by atoms with Crippen LogP contribution in [0.4, 0.5) is 11.4 Å². The Labute approximate surface area is 169 Å². The second kappa shape index (κ2) is 9.11. The van der Waals surface area contributed by atoms with Crippen molar-refractivity contribution in [1.29, 1.82) is 0 Å². The molecule has 0 unspecified atom stereocenters. The first-order valence-electron chi connectivity index (χ1n) is 9.25. The lowest BCUT2D eigenvalue weighted by Gasteiger charge is -2.24. The zero-order valence-corrected chi connectivity index (χ0v) is 16.7. The predicted octanol–water partition coefficient (Wildman–Crippen LogP) is 2.86. The minimum atomic E-state index is -0.133. The van der Waals surface area contributed by atoms with Crippen molar-refractivity contribution in [3.8, 4) is 5.69 Å². The fraction of sp³-hybridized carbons (Fsp3) is 0.238. The SMILES string of the molecule is CC(=O)Nc1ccc(NC(=O)CN(C)[C@H](C)c2ccc(-n3cncn3)cc2)cc1. The van der Waals surface area contributed by atoms with Crippen molar-refractivity contribution in [2.24, 2.45) is 0 Å². The van der Waals surface area contributed by atoms with Crippen molar-refractivity contribution in [2.75, 3.05) is 24.2 Å². The fourth-order valence-electron chi connectivity index (χ4n) is 2.91. The second-order valence-corrected chi connectivity index (χ2v) is 6.83. The lowest BCUT2D eigenvalue weighted by Crippen LogP contribution is -2.32. The summed E-state index contributed by atoms with van der Waals surface area (Å²) >= 11 is 0. The second-order valence-electron chi connectivity index (χ2n) is 6.83. The van der Waals surface area contributed by atoms with Gasteiger partial charge in [0.2, 0.25) is 11.8 Å². The molecule has 0 bridgehead atoms. The molecule has 0 saturated heterocycles. The highest BCUT2D eigenvalue weighted by atomic mass is 16.2. The minimum absolute atomic E-state index is 0.0627. The maximum Gasteiger partial charge on any atom is 0.238 e. The monoisotopic (exact) mass is 392 g/mol. The molecule has 0 spiro atoms. The number of hydrogen-bond donors (Lipinski definition) is 2. The molecule has 0 fully saturated rings. The molecule has 150 valence electrons. The Morgan fingerprint density at radius 1 is 1.03 bits per heavy atom. The van der Waals surface area contributed by atoms with Crippen LogP contribution in [0, 0.1) is 0 Å². The van der Waals surface area contributed by atoms with Crippen LogP contribution in [0.15, 0.2) is 61.2 Å². The summed E-state index contributed by atoms with van der Waals surface area (Å²) in [5.74, 6) is -0.238. The van der Waals surface area contributed by atoms with Gasteiger partial charge in [0.15, 0.2) is 0 Å². The topological polar surface area (TPSA) is 92.2 Å². The van der Waals surface area contributed by atoms with E-state index in [4.69, 9.17) is 0 Å². The number of benzene rings is 2. The van der Waals surface area contributed by atoms with Gasteiger partial charge in [0.25, 0.3) is 0 Å². The number of hydrogen-bond acceptors (Lipinski definition) is 5. The van der Waals surface area contributed by atoms with E-state index < -0.39 is 0 Å². The summed E-state index contributed by atoms with van der Waals surface area (Å²) < 4.78 is 1.70. The van der Waals surface area contributed by atoms with Crippen LogP contribution in [0.2, 0.25) is 0 Å². The molecular formula is C21H24N6O2. The normalized spacial score (nSPS) is 11.9. The van der Waals surface area contributed by atoms with Crippen molar-refractivity contribution in [2.45, 2.75) is 19.9 Å². The number of nitrogens with one attached hydrogen (secondary N) is 2.